The van der Waals surface area contributed by atoms with Crippen molar-refractivity contribution in [2.75, 3.05) is 6.54 Å². The number of aliphatic hydroxyl groups excluding tert-OH is 1. The highest BCUT2D eigenvalue weighted by Crippen LogP contribution is 2.40. The fraction of sp³-hybridized carbons (Fsp3) is 0.562. The van der Waals surface area contributed by atoms with Crippen LogP contribution in [0.5, 0.6) is 0 Å². The first-order valence-electron chi connectivity index (χ1n) is 7.90. The van der Waals surface area contributed by atoms with Gasteiger partial charge in [-0.3, -0.25) is 9.58 Å². The predicted octanol–water partition coefficient (Wildman–Crippen LogP) is 3.45. The minimum atomic E-state index is -0.371. The van der Waals surface area contributed by atoms with Crippen molar-refractivity contribution >= 4 is 22.9 Å². The molecule has 0 bridgehead atoms. The number of hydrogen-bond acceptors (Lipinski definition) is 4. The lowest BCUT2D eigenvalue weighted by Crippen LogP contribution is -2.22. The summed E-state index contributed by atoms with van der Waals surface area (Å²) in [5.74, 6) is 0.434. The summed E-state index contributed by atoms with van der Waals surface area (Å²) in [6.45, 7) is 3.83. The first-order chi connectivity index (χ1) is 10.7. The third-order valence-corrected chi connectivity index (χ3v) is 5.71. The van der Waals surface area contributed by atoms with E-state index in [2.05, 4.69) is 26.8 Å². The number of aryl methyl sites for hydroxylation is 1. The standard InChI is InChI=1S/C16H20ClN3OS/c17-15-5-4-13(22-15)10-19-6-1-7-20-12(9-19)8-14(18-20)16(21)11-2-3-11/h4-5,8,11,16,21H,1-3,6-7,9-10H2/t16-/m0/s1. The second kappa shape index (κ2) is 5.96. The van der Waals surface area contributed by atoms with Gasteiger partial charge in [-0.1, -0.05) is 11.6 Å². The molecule has 118 valence electrons. The van der Waals surface area contributed by atoms with Crippen molar-refractivity contribution in [3.63, 3.8) is 0 Å². The Bertz CT molecular complexity index is 664. The van der Waals surface area contributed by atoms with Crippen LogP contribution in [0.1, 0.15) is 41.6 Å². The monoisotopic (exact) mass is 337 g/mol. The predicted molar refractivity (Wildman–Crippen MR) is 88.0 cm³/mol. The molecule has 0 aromatic carbocycles. The Balaban J connectivity index is 1.49. The van der Waals surface area contributed by atoms with Crippen LogP contribution in [0.4, 0.5) is 0 Å². The van der Waals surface area contributed by atoms with Gasteiger partial charge in [0, 0.05) is 31.1 Å². The average molecular weight is 338 g/mol. The van der Waals surface area contributed by atoms with Crippen LogP contribution >= 0.6 is 22.9 Å². The quantitative estimate of drug-likeness (QED) is 0.929. The van der Waals surface area contributed by atoms with Gasteiger partial charge in [0.15, 0.2) is 0 Å². The van der Waals surface area contributed by atoms with Gasteiger partial charge < -0.3 is 5.11 Å². The maximum Gasteiger partial charge on any atom is 0.101 e. The number of nitrogens with zero attached hydrogens (tertiary/aromatic N) is 3. The summed E-state index contributed by atoms with van der Waals surface area (Å²) in [5, 5.41) is 14.9. The molecule has 1 aliphatic carbocycles. The third-order valence-electron chi connectivity index (χ3n) is 4.49. The molecule has 2 aromatic heterocycles. The molecule has 2 aromatic rings. The Labute approximate surface area is 139 Å². The summed E-state index contributed by atoms with van der Waals surface area (Å²) in [6.07, 6.45) is 2.99. The van der Waals surface area contributed by atoms with E-state index < -0.39 is 0 Å². The fourth-order valence-electron chi connectivity index (χ4n) is 3.14. The van der Waals surface area contributed by atoms with Crippen LogP contribution < -0.4 is 0 Å². The summed E-state index contributed by atoms with van der Waals surface area (Å²) in [5.41, 5.74) is 2.08. The molecule has 4 nitrogen and oxygen atoms in total. The van der Waals surface area contributed by atoms with E-state index in [0.29, 0.717) is 5.92 Å². The molecule has 2 aliphatic rings. The van der Waals surface area contributed by atoms with Crippen molar-refractivity contribution in [3.8, 4) is 0 Å². The van der Waals surface area contributed by atoms with Gasteiger partial charge in [0.25, 0.3) is 0 Å². The van der Waals surface area contributed by atoms with Crippen LogP contribution in [-0.2, 0) is 19.6 Å². The first-order valence-corrected chi connectivity index (χ1v) is 9.10. The highest BCUT2D eigenvalue weighted by atomic mass is 35.5. The average Bonchev–Trinajstić information content (AvgIpc) is 3.20. The number of rotatable bonds is 4. The molecule has 0 unspecified atom stereocenters. The van der Waals surface area contributed by atoms with E-state index in [-0.39, 0.29) is 6.10 Å². The van der Waals surface area contributed by atoms with Crippen molar-refractivity contribution in [1.29, 1.82) is 0 Å². The van der Waals surface area contributed by atoms with E-state index in [1.165, 1.54) is 10.6 Å². The highest BCUT2D eigenvalue weighted by molar-refractivity contribution is 7.16. The normalized spacial score (nSPS) is 20.6. The highest BCUT2D eigenvalue weighted by Gasteiger charge is 2.33. The van der Waals surface area contributed by atoms with Crippen LogP contribution in [0, 0.1) is 5.92 Å². The molecule has 1 atom stereocenters. The summed E-state index contributed by atoms with van der Waals surface area (Å²) in [6, 6.07) is 6.17. The van der Waals surface area contributed by atoms with Crippen molar-refractivity contribution in [2.24, 2.45) is 5.92 Å². The number of aliphatic hydroxyl groups is 1. The Morgan fingerprint density at radius 1 is 1.36 bits per heavy atom. The van der Waals surface area contributed by atoms with Gasteiger partial charge in [0.2, 0.25) is 0 Å². The Morgan fingerprint density at radius 2 is 2.23 bits per heavy atom. The van der Waals surface area contributed by atoms with Crippen molar-refractivity contribution in [3.05, 3.63) is 38.8 Å². The maximum atomic E-state index is 10.3. The largest absolute Gasteiger partial charge is 0.386 e. The molecule has 1 aliphatic heterocycles. The van der Waals surface area contributed by atoms with Crippen LogP contribution in [0.15, 0.2) is 18.2 Å². The molecular weight excluding hydrogens is 318 g/mol. The molecule has 0 amide bonds. The van der Waals surface area contributed by atoms with E-state index in [9.17, 15) is 5.11 Å². The lowest BCUT2D eigenvalue weighted by atomic mass is 10.1. The van der Waals surface area contributed by atoms with Gasteiger partial charge in [-0.2, -0.15) is 5.10 Å². The van der Waals surface area contributed by atoms with Gasteiger partial charge in [0.05, 0.1) is 15.7 Å². The Morgan fingerprint density at radius 3 is 2.95 bits per heavy atom. The van der Waals surface area contributed by atoms with Crippen molar-refractivity contribution in [2.45, 2.75) is 45.0 Å². The molecule has 0 radical (unpaired) electrons. The number of thiophene rings is 1. The summed E-state index contributed by atoms with van der Waals surface area (Å²) in [7, 11) is 0. The molecule has 0 spiro atoms. The molecule has 4 rings (SSSR count). The Hall–Kier alpha value is -0.880. The van der Waals surface area contributed by atoms with Crippen LogP contribution in [0.3, 0.4) is 0 Å². The lowest BCUT2D eigenvalue weighted by Gasteiger charge is -2.18. The topological polar surface area (TPSA) is 41.3 Å². The SMILES string of the molecule is O[C@H](c1cc2n(n1)CCCN(Cc1ccc(Cl)s1)C2)C1CC1. The zero-order chi connectivity index (χ0) is 15.1. The minimum absolute atomic E-state index is 0.371. The number of halogens is 1. The molecule has 6 heteroatoms. The smallest absolute Gasteiger partial charge is 0.101 e. The minimum Gasteiger partial charge on any atom is -0.386 e. The first kappa shape index (κ1) is 14.7. The van der Waals surface area contributed by atoms with E-state index >= 15 is 0 Å². The van der Waals surface area contributed by atoms with Crippen LogP contribution in [-0.4, -0.2) is 26.3 Å². The zero-order valence-corrected chi connectivity index (χ0v) is 14.0. The van der Waals surface area contributed by atoms with E-state index in [1.807, 2.05) is 6.07 Å². The second-order valence-corrected chi connectivity index (χ2v) is 8.14. The summed E-state index contributed by atoms with van der Waals surface area (Å²) >= 11 is 7.68. The molecule has 22 heavy (non-hydrogen) atoms. The van der Waals surface area contributed by atoms with E-state index in [1.54, 1.807) is 11.3 Å². The lowest BCUT2D eigenvalue weighted by molar-refractivity contribution is 0.148. The van der Waals surface area contributed by atoms with E-state index in [4.69, 9.17) is 11.6 Å². The van der Waals surface area contributed by atoms with Crippen LogP contribution in [0.2, 0.25) is 4.34 Å². The molecule has 1 N–H and O–H groups in total. The van der Waals surface area contributed by atoms with Crippen molar-refractivity contribution in [1.82, 2.24) is 14.7 Å². The van der Waals surface area contributed by atoms with Gasteiger partial charge >= 0.3 is 0 Å². The number of aromatic nitrogens is 2. The molecule has 1 fully saturated rings. The summed E-state index contributed by atoms with van der Waals surface area (Å²) in [4.78, 5) is 3.74. The number of hydrogen-bond donors (Lipinski definition) is 1. The molecule has 1 saturated carbocycles. The molecular formula is C16H20ClN3OS. The van der Waals surface area contributed by atoms with Gasteiger partial charge in [0.1, 0.15) is 6.10 Å². The molecule has 3 heterocycles. The third kappa shape index (κ3) is 3.08. The fourth-order valence-corrected chi connectivity index (χ4v) is 4.27. The van der Waals surface area contributed by atoms with Gasteiger partial charge in [-0.15, -0.1) is 11.3 Å². The zero-order valence-electron chi connectivity index (χ0n) is 12.4. The van der Waals surface area contributed by atoms with Gasteiger partial charge in [-0.25, -0.2) is 0 Å². The van der Waals surface area contributed by atoms with E-state index in [0.717, 1.165) is 55.5 Å². The van der Waals surface area contributed by atoms with Gasteiger partial charge in [-0.05, 0) is 43.4 Å². The Kier molecular flexibility index (Phi) is 3.98. The van der Waals surface area contributed by atoms with Crippen LogP contribution in [0.25, 0.3) is 0 Å². The maximum absolute atomic E-state index is 10.3. The van der Waals surface area contributed by atoms with Crippen molar-refractivity contribution < 1.29 is 5.11 Å². The number of fused-ring (bicyclic) bond motifs is 1. The summed E-state index contributed by atoms with van der Waals surface area (Å²) < 4.78 is 2.94. The second-order valence-electron chi connectivity index (χ2n) is 6.34. The molecule has 0 saturated heterocycles.